The van der Waals surface area contributed by atoms with Crippen molar-refractivity contribution in [2.75, 3.05) is 14.1 Å². The Morgan fingerprint density at radius 2 is 2.04 bits per heavy atom. The number of aliphatic hydroxyl groups excluding tert-OH is 1. The molecule has 1 saturated carbocycles. The van der Waals surface area contributed by atoms with Crippen molar-refractivity contribution in [1.82, 2.24) is 4.90 Å². The van der Waals surface area contributed by atoms with Gasteiger partial charge in [-0.3, -0.25) is 4.79 Å². The van der Waals surface area contributed by atoms with Crippen LogP contribution in [0, 0.1) is 17.8 Å². The van der Waals surface area contributed by atoms with E-state index in [0.29, 0.717) is 18.3 Å². The standard InChI is InChI=1S/C24H39NO2/c1-5-6-10-18(2)11-9-13-21-22-16-19(15-20(22)17-23(21)26)12-7-8-14-24(27)25(3)4/h9,11,13,15,20-23,26H,5-8,10,12,14,16-17H2,1-4H3/b13-9+,18-11+/t20-,21+,22-,23+/m0/s1. The minimum atomic E-state index is -0.198. The molecule has 0 aliphatic heterocycles. The van der Waals surface area contributed by atoms with Crippen LogP contribution in [0.2, 0.25) is 0 Å². The van der Waals surface area contributed by atoms with Crippen LogP contribution < -0.4 is 0 Å². The normalized spacial score (nSPS) is 27.9. The molecule has 0 aromatic carbocycles. The summed E-state index contributed by atoms with van der Waals surface area (Å²) >= 11 is 0. The lowest BCUT2D eigenvalue weighted by molar-refractivity contribution is -0.128. The third kappa shape index (κ3) is 6.64. The van der Waals surface area contributed by atoms with Crippen LogP contribution in [0.4, 0.5) is 0 Å². The Morgan fingerprint density at radius 3 is 2.74 bits per heavy atom. The number of allylic oxidation sites excluding steroid dienone is 5. The van der Waals surface area contributed by atoms with E-state index in [1.54, 1.807) is 10.5 Å². The monoisotopic (exact) mass is 373 g/mol. The first-order valence-electron chi connectivity index (χ1n) is 10.8. The van der Waals surface area contributed by atoms with Crippen molar-refractivity contribution in [2.24, 2.45) is 17.8 Å². The number of fused-ring (bicyclic) bond motifs is 1. The molecule has 1 fully saturated rings. The minimum Gasteiger partial charge on any atom is -0.392 e. The molecule has 2 rings (SSSR count). The van der Waals surface area contributed by atoms with Crippen molar-refractivity contribution in [3.8, 4) is 0 Å². The van der Waals surface area contributed by atoms with Crippen molar-refractivity contribution >= 4 is 5.91 Å². The number of hydrogen-bond donors (Lipinski definition) is 1. The number of unbranched alkanes of at least 4 members (excludes halogenated alkanes) is 2. The van der Waals surface area contributed by atoms with Gasteiger partial charge in [-0.25, -0.2) is 0 Å². The molecule has 0 radical (unpaired) electrons. The summed E-state index contributed by atoms with van der Waals surface area (Å²) in [5, 5.41) is 10.5. The molecule has 0 spiro atoms. The largest absolute Gasteiger partial charge is 0.392 e. The summed E-state index contributed by atoms with van der Waals surface area (Å²) in [6.45, 7) is 4.42. The molecule has 1 amide bonds. The molecule has 3 heteroatoms. The molecule has 2 aliphatic carbocycles. The van der Waals surface area contributed by atoms with E-state index < -0.39 is 0 Å². The Morgan fingerprint density at radius 1 is 1.26 bits per heavy atom. The number of nitrogens with zero attached hydrogens (tertiary/aromatic N) is 1. The van der Waals surface area contributed by atoms with E-state index in [4.69, 9.17) is 0 Å². The van der Waals surface area contributed by atoms with Gasteiger partial charge in [0.2, 0.25) is 5.91 Å². The van der Waals surface area contributed by atoms with Crippen LogP contribution in [0.3, 0.4) is 0 Å². The van der Waals surface area contributed by atoms with E-state index in [-0.39, 0.29) is 17.9 Å². The van der Waals surface area contributed by atoms with Gasteiger partial charge >= 0.3 is 0 Å². The summed E-state index contributed by atoms with van der Waals surface area (Å²) in [5.74, 6) is 1.62. The van der Waals surface area contributed by atoms with Gasteiger partial charge in [-0.2, -0.15) is 0 Å². The van der Waals surface area contributed by atoms with Gasteiger partial charge in [0.1, 0.15) is 0 Å². The van der Waals surface area contributed by atoms with E-state index in [1.165, 1.54) is 24.8 Å². The SMILES string of the molecule is CCCC/C(C)=C/C=C/[C@@H]1[C@H]2CC(CCCCC(=O)N(C)C)=C[C@H]2C[C@H]1O. The Bertz CT molecular complexity index is 573. The fourth-order valence-corrected chi connectivity index (χ4v) is 4.53. The van der Waals surface area contributed by atoms with Crippen molar-refractivity contribution in [3.05, 3.63) is 35.5 Å². The highest BCUT2D eigenvalue weighted by Crippen LogP contribution is 2.48. The van der Waals surface area contributed by atoms with Crippen LogP contribution in [0.1, 0.15) is 71.6 Å². The van der Waals surface area contributed by atoms with E-state index in [0.717, 1.165) is 32.1 Å². The average molecular weight is 374 g/mol. The van der Waals surface area contributed by atoms with Crippen LogP contribution in [0.15, 0.2) is 35.5 Å². The lowest BCUT2D eigenvalue weighted by atomic mass is 9.88. The van der Waals surface area contributed by atoms with Gasteiger partial charge in [-0.1, -0.05) is 48.8 Å². The van der Waals surface area contributed by atoms with E-state index >= 15 is 0 Å². The van der Waals surface area contributed by atoms with Gasteiger partial charge in [-0.15, -0.1) is 0 Å². The predicted molar refractivity (Wildman–Crippen MR) is 113 cm³/mol. The zero-order valence-electron chi connectivity index (χ0n) is 17.8. The van der Waals surface area contributed by atoms with Gasteiger partial charge in [0.05, 0.1) is 6.10 Å². The maximum Gasteiger partial charge on any atom is 0.222 e. The summed E-state index contributed by atoms with van der Waals surface area (Å²) in [7, 11) is 3.64. The molecule has 0 unspecified atom stereocenters. The molecule has 0 heterocycles. The molecule has 3 nitrogen and oxygen atoms in total. The van der Waals surface area contributed by atoms with Crippen molar-refractivity contribution in [2.45, 2.75) is 77.7 Å². The summed E-state index contributed by atoms with van der Waals surface area (Å²) < 4.78 is 0. The molecular weight excluding hydrogens is 334 g/mol. The van der Waals surface area contributed by atoms with Crippen molar-refractivity contribution in [3.63, 3.8) is 0 Å². The molecule has 4 atom stereocenters. The number of rotatable bonds is 10. The molecule has 152 valence electrons. The summed E-state index contributed by atoms with van der Waals surface area (Å²) in [5.41, 5.74) is 2.97. The van der Waals surface area contributed by atoms with Gasteiger partial charge < -0.3 is 10.0 Å². The quantitative estimate of drug-likeness (QED) is 0.322. The van der Waals surface area contributed by atoms with Gasteiger partial charge in [0.25, 0.3) is 0 Å². The Hall–Kier alpha value is -1.35. The Balaban J connectivity index is 1.79. The number of aliphatic hydroxyl groups is 1. The second-order valence-corrected chi connectivity index (χ2v) is 8.73. The molecule has 27 heavy (non-hydrogen) atoms. The molecule has 0 aromatic heterocycles. The summed E-state index contributed by atoms with van der Waals surface area (Å²) in [4.78, 5) is 13.3. The highest BCUT2D eigenvalue weighted by Gasteiger charge is 2.42. The molecule has 0 aromatic rings. The van der Waals surface area contributed by atoms with Crippen molar-refractivity contribution in [1.29, 1.82) is 0 Å². The van der Waals surface area contributed by atoms with Crippen LogP contribution in [-0.2, 0) is 4.79 Å². The average Bonchev–Trinajstić information content (AvgIpc) is 3.14. The first-order valence-corrected chi connectivity index (χ1v) is 10.8. The topological polar surface area (TPSA) is 40.5 Å². The molecule has 0 bridgehead atoms. The first-order chi connectivity index (χ1) is 12.9. The summed E-state index contributed by atoms with van der Waals surface area (Å²) in [6.07, 6.45) is 18.4. The smallest absolute Gasteiger partial charge is 0.222 e. The summed E-state index contributed by atoms with van der Waals surface area (Å²) in [6, 6.07) is 0. The fraction of sp³-hybridized carbons (Fsp3) is 0.708. The van der Waals surface area contributed by atoms with E-state index in [9.17, 15) is 9.90 Å². The number of carbonyl (C=O) groups is 1. The number of amides is 1. The highest BCUT2D eigenvalue weighted by atomic mass is 16.3. The highest BCUT2D eigenvalue weighted by molar-refractivity contribution is 5.75. The zero-order chi connectivity index (χ0) is 19.8. The molecular formula is C24H39NO2. The van der Waals surface area contributed by atoms with Crippen LogP contribution >= 0.6 is 0 Å². The van der Waals surface area contributed by atoms with Crippen LogP contribution in [-0.4, -0.2) is 36.1 Å². The molecule has 1 N–H and O–H groups in total. The third-order valence-corrected chi connectivity index (χ3v) is 6.23. The fourth-order valence-electron chi connectivity index (χ4n) is 4.53. The lowest BCUT2D eigenvalue weighted by Gasteiger charge is -2.18. The van der Waals surface area contributed by atoms with Crippen LogP contribution in [0.25, 0.3) is 0 Å². The molecule has 0 saturated heterocycles. The van der Waals surface area contributed by atoms with Gasteiger partial charge in [-0.05, 0) is 63.7 Å². The number of hydrogen-bond acceptors (Lipinski definition) is 2. The Kier molecular flexibility index (Phi) is 8.82. The molecule has 2 aliphatic rings. The lowest BCUT2D eigenvalue weighted by Crippen LogP contribution is -2.21. The van der Waals surface area contributed by atoms with Gasteiger partial charge in [0, 0.05) is 26.4 Å². The second-order valence-electron chi connectivity index (χ2n) is 8.73. The number of carbonyl (C=O) groups excluding carboxylic acids is 1. The van der Waals surface area contributed by atoms with E-state index in [1.807, 2.05) is 14.1 Å². The second kappa shape index (κ2) is 10.8. The van der Waals surface area contributed by atoms with Gasteiger partial charge in [0.15, 0.2) is 0 Å². The van der Waals surface area contributed by atoms with E-state index in [2.05, 4.69) is 38.2 Å². The maximum atomic E-state index is 11.7. The zero-order valence-corrected chi connectivity index (χ0v) is 17.8. The first kappa shape index (κ1) is 21.9. The van der Waals surface area contributed by atoms with Crippen LogP contribution in [0.5, 0.6) is 0 Å². The Labute approximate surface area is 166 Å². The predicted octanol–water partition coefficient (Wildman–Crippen LogP) is 5.27. The minimum absolute atomic E-state index is 0.198. The van der Waals surface area contributed by atoms with Crippen molar-refractivity contribution < 1.29 is 9.90 Å². The third-order valence-electron chi connectivity index (χ3n) is 6.23. The maximum absolute atomic E-state index is 11.7.